The summed E-state index contributed by atoms with van der Waals surface area (Å²) in [6, 6.07) is 36.7. The topological polar surface area (TPSA) is 104 Å². The van der Waals surface area contributed by atoms with Gasteiger partial charge in [0.15, 0.2) is 0 Å². The van der Waals surface area contributed by atoms with Crippen LogP contribution >= 0.6 is 0 Å². The van der Waals surface area contributed by atoms with Crippen LogP contribution in [0.1, 0.15) is 135 Å². The zero-order chi connectivity index (χ0) is 46.7. The molecule has 0 amide bonds. The molecule has 0 spiro atoms. The predicted octanol–water partition coefficient (Wildman–Crippen LogP) is 12.2. The van der Waals surface area contributed by atoms with E-state index in [1.165, 1.54) is 103 Å². The molecule has 0 unspecified atom stereocenters. The second-order valence-corrected chi connectivity index (χ2v) is 19.1. The van der Waals surface area contributed by atoms with Gasteiger partial charge in [-0.2, -0.15) is 0 Å². The zero-order valence-corrected chi connectivity index (χ0v) is 40.3. The third-order valence-corrected chi connectivity index (χ3v) is 14.1. The minimum absolute atomic E-state index is 0.0137. The number of Topliss-reactive ketones (excluding diaryl/α,β-unsaturated/α-hetero) is 1. The van der Waals surface area contributed by atoms with Gasteiger partial charge in [-0.05, 0) is 70.9 Å². The van der Waals surface area contributed by atoms with Crippen LogP contribution in [0, 0.1) is 0 Å². The normalized spacial score (nSPS) is 14.6. The van der Waals surface area contributed by atoms with Crippen LogP contribution in [0.5, 0.6) is 11.5 Å². The van der Waals surface area contributed by atoms with Crippen molar-refractivity contribution in [1.29, 1.82) is 0 Å². The molecular formula is C58H68B2N4O4. The lowest BCUT2D eigenvalue weighted by Gasteiger charge is -2.31. The number of carbonyl (C=O) groups excluding carboxylic acids is 1. The average molecular weight is 907 g/mol. The highest BCUT2D eigenvalue weighted by Crippen LogP contribution is 2.45. The average Bonchev–Trinajstić information content (AvgIpc) is 3.37. The number of hydrogen-bond acceptors (Lipinski definition) is 8. The van der Waals surface area contributed by atoms with Gasteiger partial charge in [0.1, 0.15) is 17.3 Å². The first-order valence-electron chi connectivity index (χ1n) is 26.0. The van der Waals surface area contributed by atoms with E-state index < -0.39 is 0 Å². The molecule has 0 fully saturated rings. The van der Waals surface area contributed by atoms with Gasteiger partial charge in [-0.15, -0.1) is 0 Å². The molecule has 10 heteroatoms. The molecule has 1 aliphatic carbocycles. The maximum Gasteiger partial charge on any atom is 0.427 e. The first kappa shape index (κ1) is 46.9. The Morgan fingerprint density at radius 1 is 0.515 bits per heavy atom. The first-order valence-corrected chi connectivity index (χ1v) is 26.0. The van der Waals surface area contributed by atoms with Gasteiger partial charge < -0.3 is 35.2 Å². The summed E-state index contributed by atoms with van der Waals surface area (Å²) in [5.41, 5.74) is 6.02. The SMILES string of the molecule is CCCCCCCCCCCCOc1ccc(B2N=c3/c(=C4/C(=O)C(c5ccc6cccc7c6c5NB(c5ccc(OCCCCCCCCCC)cc5)N7)=C4O)ccc4cccc(c34)N2)cc1. The van der Waals surface area contributed by atoms with E-state index in [4.69, 9.17) is 14.4 Å². The monoisotopic (exact) mass is 907 g/mol. The van der Waals surface area contributed by atoms with E-state index in [0.29, 0.717) is 33.9 Å². The molecule has 0 radical (unpaired) electrons. The number of ether oxygens (including phenoxy) is 2. The number of aliphatic hydroxyl groups excluding tert-OH is 1. The Labute approximate surface area is 404 Å². The Kier molecular flexibility index (Phi) is 15.7. The van der Waals surface area contributed by atoms with Gasteiger partial charge in [0.2, 0.25) is 5.78 Å². The van der Waals surface area contributed by atoms with Crippen molar-refractivity contribution >= 4 is 80.4 Å². The van der Waals surface area contributed by atoms with Gasteiger partial charge in [-0.3, -0.25) is 4.79 Å². The van der Waals surface area contributed by atoms with E-state index in [1.807, 2.05) is 60.7 Å². The fraction of sp³-hybridized carbons (Fsp3) is 0.379. The highest BCUT2D eigenvalue weighted by molar-refractivity contribution is 6.80. The van der Waals surface area contributed by atoms with Crippen molar-refractivity contribution in [3.8, 4) is 11.5 Å². The largest absolute Gasteiger partial charge is 0.506 e. The summed E-state index contributed by atoms with van der Waals surface area (Å²) in [5, 5.41) is 28.4. The van der Waals surface area contributed by atoms with Crippen molar-refractivity contribution in [1.82, 2.24) is 0 Å². The first-order chi connectivity index (χ1) is 33.5. The number of carbonyl (C=O) groups is 1. The molecule has 0 saturated heterocycles. The zero-order valence-electron chi connectivity index (χ0n) is 40.3. The lowest BCUT2D eigenvalue weighted by molar-refractivity contribution is -0.109. The molecule has 3 aliphatic rings. The van der Waals surface area contributed by atoms with Crippen LogP contribution in [0.4, 0.5) is 17.1 Å². The molecule has 8 nitrogen and oxygen atoms in total. The van der Waals surface area contributed by atoms with E-state index in [-0.39, 0.29) is 25.5 Å². The number of nitrogens with one attached hydrogen (secondary N) is 3. The molecule has 350 valence electrons. The van der Waals surface area contributed by atoms with Crippen LogP contribution in [0.15, 0.2) is 120 Å². The molecule has 2 heterocycles. The smallest absolute Gasteiger partial charge is 0.427 e. The molecule has 0 aromatic heterocycles. The number of rotatable bonds is 25. The molecule has 6 aromatic carbocycles. The lowest BCUT2D eigenvalue weighted by atomic mass is 9.65. The number of nitrogens with zero attached hydrogens (tertiary/aromatic N) is 1. The Bertz CT molecular complexity index is 2860. The minimum Gasteiger partial charge on any atom is -0.506 e. The van der Waals surface area contributed by atoms with Crippen molar-refractivity contribution in [3.63, 3.8) is 0 Å². The fourth-order valence-electron chi connectivity index (χ4n) is 10.3. The summed E-state index contributed by atoms with van der Waals surface area (Å²) in [5.74, 6) is 1.50. The lowest BCUT2D eigenvalue weighted by Crippen LogP contribution is -2.48. The third kappa shape index (κ3) is 10.6. The van der Waals surface area contributed by atoms with Gasteiger partial charge in [0.05, 0.1) is 29.7 Å². The van der Waals surface area contributed by atoms with Crippen LogP contribution in [0.25, 0.3) is 32.7 Å². The van der Waals surface area contributed by atoms with E-state index in [2.05, 4.69) is 78.1 Å². The van der Waals surface area contributed by atoms with E-state index in [1.54, 1.807) is 0 Å². The van der Waals surface area contributed by atoms with Gasteiger partial charge >= 0.3 is 14.0 Å². The highest BCUT2D eigenvalue weighted by Gasteiger charge is 2.39. The fourth-order valence-corrected chi connectivity index (χ4v) is 10.3. The number of anilines is 3. The predicted molar refractivity (Wildman–Crippen MR) is 287 cm³/mol. The van der Waals surface area contributed by atoms with Gasteiger partial charge in [-0.25, -0.2) is 0 Å². The second kappa shape index (κ2) is 22.8. The second-order valence-electron chi connectivity index (χ2n) is 19.1. The van der Waals surface area contributed by atoms with Gasteiger partial charge in [0.25, 0.3) is 0 Å². The number of unbranched alkanes of at least 4 members (excludes halogenated alkanes) is 16. The molecule has 9 rings (SSSR count). The van der Waals surface area contributed by atoms with Crippen molar-refractivity contribution < 1.29 is 19.4 Å². The Morgan fingerprint density at radius 3 is 1.60 bits per heavy atom. The molecule has 0 bridgehead atoms. The Hall–Kier alpha value is -6.15. The van der Waals surface area contributed by atoms with Crippen LogP contribution in [0.2, 0.25) is 0 Å². The third-order valence-electron chi connectivity index (χ3n) is 14.1. The van der Waals surface area contributed by atoms with Crippen molar-refractivity contribution in [2.24, 2.45) is 4.90 Å². The Balaban J connectivity index is 0.912. The number of aliphatic hydroxyl groups is 1. The summed E-state index contributed by atoms with van der Waals surface area (Å²) in [7, 11) is 0. The molecule has 2 aliphatic heterocycles. The summed E-state index contributed by atoms with van der Waals surface area (Å²) in [6.45, 7) is 5.30. The van der Waals surface area contributed by atoms with Gasteiger partial charge in [-0.1, -0.05) is 189 Å². The number of allylic oxidation sites excluding steroid dienone is 2. The highest BCUT2D eigenvalue weighted by atomic mass is 16.5. The summed E-state index contributed by atoms with van der Waals surface area (Å²) < 4.78 is 12.3. The van der Waals surface area contributed by atoms with Crippen LogP contribution in [-0.2, 0) is 4.79 Å². The molecule has 68 heavy (non-hydrogen) atoms. The van der Waals surface area contributed by atoms with Crippen LogP contribution in [0.3, 0.4) is 0 Å². The van der Waals surface area contributed by atoms with Crippen molar-refractivity contribution in [2.75, 3.05) is 28.9 Å². The summed E-state index contributed by atoms with van der Waals surface area (Å²) in [6.07, 6.45) is 23.1. The standard InChI is InChI=1S/C58H68B2N4O4/c1-3-5-7-9-11-13-14-16-18-20-40-68-46-35-31-44(32-36-46)60-62-50-26-22-24-42-28-38-48(56(64-60)52(42)50)54-57(65)53(58(54)66)47-37-27-41-23-21-25-49-51(41)55(47)63-59(61-49)43-29-33-45(34-30-43)67-39-19-17-15-12-10-8-6-4-2/h21-38,61-63,65H,3-20,39-40H2,1-2H3/b54-48+. The molecule has 4 N–H and O–H groups in total. The Morgan fingerprint density at radius 2 is 1.03 bits per heavy atom. The maximum absolute atomic E-state index is 14.6. The van der Waals surface area contributed by atoms with Crippen molar-refractivity contribution in [2.45, 2.75) is 129 Å². The van der Waals surface area contributed by atoms with Crippen LogP contribution < -0.4 is 46.7 Å². The maximum atomic E-state index is 14.6. The minimum atomic E-state index is -0.390. The van der Waals surface area contributed by atoms with E-state index in [9.17, 15) is 9.90 Å². The molecular weight excluding hydrogens is 838 g/mol. The molecule has 0 atom stereocenters. The quantitative estimate of drug-likeness (QED) is 0.0335. The molecule has 6 aromatic rings. The summed E-state index contributed by atoms with van der Waals surface area (Å²) >= 11 is 0. The number of hydrogen-bond donors (Lipinski definition) is 4. The molecule has 0 saturated carbocycles. The number of benzene rings is 6. The number of ketones is 1. The van der Waals surface area contributed by atoms with Gasteiger partial charge in [0, 0.05) is 38.6 Å². The van der Waals surface area contributed by atoms with Crippen LogP contribution in [-0.4, -0.2) is 38.1 Å². The van der Waals surface area contributed by atoms with E-state index in [0.717, 1.165) is 80.5 Å². The van der Waals surface area contributed by atoms with Crippen molar-refractivity contribution in [3.05, 3.63) is 131 Å². The summed E-state index contributed by atoms with van der Waals surface area (Å²) in [4.78, 5) is 19.9. The van der Waals surface area contributed by atoms with E-state index >= 15 is 0 Å².